The van der Waals surface area contributed by atoms with Crippen molar-refractivity contribution in [3.8, 4) is 6.07 Å². The molecule has 0 amide bonds. The van der Waals surface area contributed by atoms with Crippen molar-refractivity contribution in [3.05, 3.63) is 35.4 Å². The molecule has 5 heteroatoms. The van der Waals surface area contributed by atoms with Gasteiger partial charge in [0.1, 0.15) is 0 Å². The molecule has 0 radical (unpaired) electrons. The summed E-state index contributed by atoms with van der Waals surface area (Å²) in [7, 11) is 1.78. The molecule has 20 heavy (non-hydrogen) atoms. The monoisotopic (exact) mass is 288 g/mol. The number of aliphatic imine (C=N–C) groups is 1. The van der Waals surface area contributed by atoms with Crippen molar-refractivity contribution < 1.29 is 0 Å². The van der Waals surface area contributed by atoms with Gasteiger partial charge in [-0.1, -0.05) is 12.1 Å². The first-order chi connectivity index (χ1) is 9.81. The minimum absolute atomic E-state index is 0.674. The molecule has 1 aliphatic heterocycles. The number of guanidine groups is 1. The lowest BCUT2D eigenvalue weighted by molar-refractivity contribution is 0.726. The van der Waals surface area contributed by atoms with E-state index in [1.165, 1.54) is 18.6 Å². The number of nitrogens with zero attached hydrogens (tertiary/aromatic N) is 2. The Morgan fingerprint density at radius 2 is 2.40 bits per heavy atom. The van der Waals surface area contributed by atoms with Crippen LogP contribution in [0.3, 0.4) is 0 Å². The van der Waals surface area contributed by atoms with Crippen LogP contribution in [0.4, 0.5) is 0 Å². The number of thioether (sulfide) groups is 1. The van der Waals surface area contributed by atoms with Gasteiger partial charge in [-0.3, -0.25) is 4.99 Å². The number of benzene rings is 1. The maximum absolute atomic E-state index is 8.88. The minimum Gasteiger partial charge on any atom is -0.355 e. The average Bonchev–Trinajstić information content (AvgIpc) is 3.01. The first-order valence-electron chi connectivity index (χ1n) is 6.87. The zero-order chi connectivity index (χ0) is 14.2. The Morgan fingerprint density at radius 1 is 1.50 bits per heavy atom. The van der Waals surface area contributed by atoms with Crippen LogP contribution in [-0.4, -0.2) is 30.6 Å². The average molecular weight is 288 g/mol. The van der Waals surface area contributed by atoms with Gasteiger partial charge in [-0.05, 0) is 36.3 Å². The molecular formula is C15H20N4S. The van der Waals surface area contributed by atoms with Gasteiger partial charge in [-0.2, -0.15) is 17.0 Å². The summed E-state index contributed by atoms with van der Waals surface area (Å²) in [4.78, 5) is 4.23. The van der Waals surface area contributed by atoms with E-state index in [4.69, 9.17) is 5.26 Å². The minimum atomic E-state index is 0.674. The summed E-state index contributed by atoms with van der Waals surface area (Å²) in [6.07, 6.45) is 2.61. The fraction of sp³-hybridized carbons (Fsp3) is 0.467. The Hall–Kier alpha value is -1.67. The van der Waals surface area contributed by atoms with Crippen molar-refractivity contribution in [2.24, 2.45) is 4.99 Å². The van der Waals surface area contributed by atoms with Crippen LogP contribution < -0.4 is 10.6 Å². The third-order valence-electron chi connectivity index (χ3n) is 3.26. The fourth-order valence-electron chi connectivity index (χ4n) is 2.17. The predicted molar refractivity (Wildman–Crippen MR) is 84.8 cm³/mol. The van der Waals surface area contributed by atoms with Crippen LogP contribution >= 0.6 is 11.8 Å². The highest BCUT2D eigenvalue weighted by atomic mass is 32.2. The SMILES string of the molecule is CN=C(NCc1cccc(C#N)c1)NCC1CCCS1. The predicted octanol–water partition coefficient (Wildman–Crippen LogP) is 2.12. The molecule has 2 N–H and O–H groups in total. The number of nitrogens with one attached hydrogen (secondary N) is 2. The molecule has 1 saturated heterocycles. The molecule has 0 saturated carbocycles. The Bertz CT molecular complexity index is 501. The van der Waals surface area contributed by atoms with Crippen molar-refractivity contribution >= 4 is 17.7 Å². The molecule has 1 unspecified atom stereocenters. The van der Waals surface area contributed by atoms with Crippen LogP contribution in [0.2, 0.25) is 0 Å². The quantitative estimate of drug-likeness (QED) is 0.658. The normalized spacial score (nSPS) is 18.6. The summed E-state index contributed by atoms with van der Waals surface area (Å²) in [5.74, 6) is 2.10. The lowest BCUT2D eigenvalue weighted by atomic mass is 10.1. The Morgan fingerprint density at radius 3 is 3.10 bits per heavy atom. The zero-order valence-electron chi connectivity index (χ0n) is 11.7. The molecule has 1 aromatic rings. The molecule has 1 aliphatic rings. The van der Waals surface area contributed by atoms with Gasteiger partial charge in [0.15, 0.2) is 5.96 Å². The van der Waals surface area contributed by atoms with E-state index in [1.54, 1.807) is 7.05 Å². The fourth-order valence-corrected chi connectivity index (χ4v) is 3.37. The third-order valence-corrected chi connectivity index (χ3v) is 4.66. The second-order valence-electron chi connectivity index (χ2n) is 4.75. The van der Waals surface area contributed by atoms with E-state index < -0.39 is 0 Å². The van der Waals surface area contributed by atoms with E-state index in [1.807, 2.05) is 36.0 Å². The van der Waals surface area contributed by atoms with Crippen LogP contribution in [-0.2, 0) is 6.54 Å². The van der Waals surface area contributed by atoms with Crippen molar-refractivity contribution in [2.75, 3.05) is 19.3 Å². The smallest absolute Gasteiger partial charge is 0.191 e. The molecule has 1 fully saturated rings. The van der Waals surface area contributed by atoms with Gasteiger partial charge in [0.2, 0.25) is 0 Å². The summed E-state index contributed by atoms with van der Waals surface area (Å²) >= 11 is 2.03. The maximum Gasteiger partial charge on any atom is 0.191 e. The van der Waals surface area contributed by atoms with Crippen molar-refractivity contribution in [3.63, 3.8) is 0 Å². The molecule has 106 valence electrons. The van der Waals surface area contributed by atoms with E-state index in [2.05, 4.69) is 21.7 Å². The largest absolute Gasteiger partial charge is 0.355 e. The van der Waals surface area contributed by atoms with Crippen LogP contribution in [0.1, 0.15) is 24.0 Å². The van der Waals surface area contributed by atoms with E-state index in [0.29, 0.717) is 17.4 Å². The van der Waals surface area contributed by atoms with E-state index >= 15 is 0 Å². The number of hydrogen-bond acceptors (Lipinski definition) is 3. The highest BCUT2D eigenvalue weighted by molar-refractivity contribution is 8.00. The first-order valence-corrected chi connectivity index (χ1v) is 7.92. The molecule has 0 bridgehead atoms. The molecule has 0 aliphatic carbocycles. The maximum atomic E-state index is 8.88. The standard InChI is InChI=1S/C15H20N4S/c1-17-15(19-11-14-6-3-7-20-14)18-10-13-5-2-4-12(8-13)9-16/h2,4-5,8,14H,3,6-7,10-11H2,1H3,(H2,17,18,19). The van der Waals surface area contributed by atoms with Gasteiger partial charge >= 0.3 is 0 Å². The highest BCUT2D eigenvalue weighted by Gasteiger charge is 2.15. The van der Waals surface area contributed by atoms with Crippen LogP contribution in [0.5, 0.6) is 0 Å². The van der Waals surface area contributed by atoms with Crippen LogP contribution in [0.25, 0.3) is 0 Å². The molecule has 0 spiro atoms. The Kier molecular flexibility index (Phi) is 5.75. The number of hydrogen-bond donors (Lipinski definition) is 2. The third kappa shape index (κ3) is 4.46. The van der Waals surface area contributed by atoms with Crippen LogP contribution in [0, 0.1) is 11.3 Å². The van der Waals surface area contributed by atoms with Gasteiger partial charge in [0.05, 0.1) is 11.6 Å². The topological polar surface area (TPSA) is 60.2 Å². The molecule has 0 aromatic heterocycles. The van der Waals surface area contributed by atoms with Crippen molar-refractivity contribution in [1.82, 2.24) is 10.6 Å². The van der Waals surface area contributed by atoms with Crippen LogP contribution in [0.15, 0.2) is 29.3 Å². The summed E-state index contributed by atoms with van der Waals surface area (Å²) in [6.45, 7) is 1.63. The number of rotatable bonds is 4. The molecule has 4 nitrogen and oxygen atoms in total. The molecule has 1 atom stereocenters. The van der Waals surface area contributed by atoms with Crippen molar-refractivity contribution in [1.29, 1.82) is 5.26 Å². The molecule has 1 aromatic carbocycles. The van der Waals surface area contributed by atoms with Gasteiger partial charge < -0.3 is 10.6 Å². The second-order valence-corrected chi connectivity index (χ2v) is 6.16. The van der Waals surface area contributed by atoms with Gasteiger partial charge in [0, 0.05) is 25.4 Å². The summed E-state index contributed by atoms with van der Waals surface area (Å²) in [5.41, 5.74) is 1.77. The summed E-state index contributed by atoms with van der Waals surface area (Å²) in [5, 5.41) is 16.2. The number of nitriles is 1. The Balaban J connectivity index is 1.79. The van der Waals surface area contributed by atoms with Gasteiger partial charge in [-0.15, -0.1) is 0 Å². The van der Waals surface area contributed by atoms with Crippen molar-refractivity contribution in [2.45, 2.75) is 24.6 Å². The lowest BCUT2D eigenvalue weighted by Gasteiger charge is -2.14. The lowest BCUT2D eigenvalue weighted by Crippen LogP contribution is -2.39. The van der Waals surface area contributed by atoms with E-state index in [-0.39, 0.29) is 0 Å². The van der Waals surface area contributed by atoms with Gasteiger partial charge in [-0.25, -0.2) is 0 Å². The summed E-state index contributed by atoms with van der Waals surface area (Å²) < 4.78 is 0. The van der Waals surface area contributed by atoms with E-state index in [0.717, 1.165) is 18.1 Å². The molecule has 2 rings (SSSR count). The first kappa shape index (κ1) is 14.7. The zero-order valence-corrected chi connectivity index (χ0v) is 12.5. The van der Waals surface area contributed by atoms with Gasteiger partial charge in [0.25, 0.3) is 0 Å². The molecular weight excluding hydrogens is 268 g/mol. The second kappa shape index (κ2) is 7.81. The summed E-state index contributed by atoms with van der Waals surface area (Å²) in [6, 6.07) is 9.78. The van der Waals surface area contributed by atoms with E-state index in [9.17, 15) is 0 Å². The highest BCUT2D eigenvalue weighted by Crippen LogP contribution is 2.25. The molecule has 1 heterocycles. The Labute approximate surface area is 124 Å².